The molecule has 0 aliphatic heterocycles. The maximum atomic E-state index is 11.8. The van der Waals surface area contributed by atoms with Crippen molar-refractivity contribution in [1.82, 2.24) is 5.32 Å². The van der Waals surface area contributed by atoms with Crippen molar-refractivity contribution in [3.05, 3.63) is 52.6 Å². The summed E-state index contributed by atoms with van der Waals surface area (Å²) in [5.74, 6) is 1.61. The third kappa shape index (κ3) is 4.94. The molecule has 2 aromatic rings. The molecule has 0 fully saturated rings. The molecule has 0 unspecified atom stereocenters. The summed E-state index contributed by atoms with van der Waals surface area (Å²) in [4.78, 5) is 12.7. The van der Waals surface area contributed by atoms with Gasteiger partial charge in [0.05, 0.1) is 6.61 Å². The Morgan fingerprint density at radius 2 is 1.85 bits per heavy atom. The Morgan fingerprint density at radius 3 is 2.50 bits per heavy atom. The quantitative estimate of drug-likeness (QED) is 0.671. The van der Waals surface area contributed by atoms with Crippen LogP contribution in [0.5, 0.6) is 11.5 Å². The van der Waals surface area contributed by atoms with Gasteiger partial charge in [-0.15, -0.1) is 0 Å². The zero-order chi connectivity index (χ0) is 19.1. The summed E-state index contributed by atoms with van der Waals surface area (Å²) in [6.07, 6.45) is 1.01. The lowest BCUT2D eigenvalue weighted by molar-refractivity contribution is 0.262. The van der Waals surface area contributed by atoms with Crippen LogP contribution in [0.3, 0.4) is 0 Å². The zero-order valence-electron chi connectivity index (χ0n) is 16.1. The first-order valence-electron chi connectivity index (χ1n) is 8.87. The van der Waals surface area contributed by atoms with E-state index in [1.807, 2.05) is 25.1 Å². The van der Waals surface area contributed by atoms with Gasteiger partial charge in [-0.3, -0.25) is 4.79 Å². The molecule has 4 nitrogen and oxygen atoms in total. The van der Waals surface area contributed by atoms with E-state index in [2.05, 4.69) is 38.2 Å². The van der Waals surface area contributed by atoms with E-state index in [9.17, 15) is 4.79 Å². The van der Waals surface area contributed by atoms with Crippen LogP contribution in [-0.2, 0) is 13.0 Å². The minimum absolute atomic E-state index is 0.112. The molecule has 2 aromatic carbocycles. The van der Waals surface area contributed by atoms with Gasteiger partial charge in [-0.05, 0) is 73.8 Å². The standard InChI is InChI=1S/C21H27NO3S/c1-6-16-11-15(4)19(12-14(16)3)25-13-17-18(24-7-2)9-8-10-20(17)26-21(23)22-5/h8-12H,6-7,13H2,1-5H3,(H,22,23). The number of benzene rings is 2. The van der Waals surface area contributed by atoms with Gasteiger partial charge in [-0.25, -0.2) is 0 Å². The molecule has 0 radical (unpaired) electrons. The molecule has 0 saturated carbocycles. The first-order chi connectivity index (χ1) is 12.5. The van der Waals surface area contributed by atoms with Crippen LogP contribution < -0.4 is 14.8 Å². The summed E-state index contributed by atoms with van der Waals surface area (Å²) in [6, 6.07) is 9.99. The van der Waals surface area contributed by atoms with Crippen molar-refractivity contribution >= 4 is 17.0 Å². The van der Waals surface area contributed by atoms with E-state index in [0.29, 0.717) is 13.2 Å². The van der Waals surface area contributed by atoms with Gasteiger partial charge in [0.15, 0.2) is 0 Å². The smallest absolute Gasteiger partial charge is 0.283 e. The van der Waals surface area contributed by atoms with Crippen LogP contribution in [-0.4, -0.2) is 18.9 Å². The number of hydrogen-bond acceptors (Lipinski definition) is 4. The summed E-state index contributed by atoms with van der Waals surface area (Å²) in [5.41, 5.74) is 4.56. The lowest BCUT2D eigenvalue weighted by Crippen LogP contribution is -2.12. The Hall–Kier alpha value is -2.14. The van der Waals surface area contributed by atoms with Crippen LogP contribution in [0.1, 0.15) is 36.1 Å². The van der Waals surface area contributed by atoms with E-state index in [4.69, 9.17) is 9.47 Å². The van der Waals surface area contributed by atoms with Crippen molar-refractivity contribution in [1.29, 1.82) is 0 Å². The minimum atomic E-state index is -0.112. The zero-order valence-corrected chi connectivity index (χ0v) is 17.0. The fraction of sp³-hybridized carbons (Fsp3) is 0.381. The molecule has 140 valence electrons. The van der Waals surface area contributed by atoms with Crippen LogP contribution in [0.4, 0.5) is 4.79 Å². The number of thioether (sulfide) groups is 1. The van der Waals surface area contributed by atoms with Gasteiger partial charge >= 0.3 is 0 Å². The molecule has 0 atom stereocenters. The second-order valence-electron chi connectivity index (χ2n) is 5.99. The van der Waals surface area contributed by atoms with Crippen LogP contribution in [0, 0.1) is 13.8 Å². The van der Waals surface area contributed by atoms with Crippen molar-refractivity contribution < 1.29 is 14.3 Å². The van der Waals surface area contributed by atoms with Crippen molar-refractivity contribution in [3.63, 3.8) is 0 Å². The van der Waals surface area contributed by atoms with Crippen molar-refractivity contribution in [2.45, 2.75) is 45.6 Å². The number of carbonyl (C=O) groups is 1. The third-order valence-corrected chi connectivity index (χ3v) is 5.18. The summed E-state index contributed by atoms with van der Waals surface area (Å²) < 4.78 is 11.9. The highest BCUT2D eigenvalue weighted by Gasteiger charge is 2.15. The highest BCUT2D eigenvalue weighted by Crippen LogP contribution is 2.33. The average Bonchev–Trinajstić information content (AvgIpc) is 2.63. The monoisotopic (exact) mass is 373 g/mol. The fourth-order valence-corrected chi connectivity index (χ4v) is 3.49. The van der Waals surface area contributed by atoms with Gasteiger partial charge in [0.1, 0.15) is 18.1 Å². The molecule has 0 heterocycles. The topological polar surface area (TPSA) is 47.6 Å². The molecule has 2 rings (SSSR count). The summed E-state index contributed by atoms with van der Waals surface area (Å²) in [5, 5.41) is 2.53. The van der Waals surface area contributed by atoms with E-state index in [1.54, 1.807) is 7.05 Å². The molecular weight excluding hydrogens is 346 g/mol. The molecule has 1 N–H and O–H groups in total. The second kappa shape index (κ2) is 9.53. The van der Waals surface area contributed by atoms with Crippen molar-refractivity contribution in [2.75, 3.05) is 13.7 Å². The van der Waals surface area contributed by atoms with Crippen LogP contribution in [0.25, 0.3) is 0 Å². The molecule has 1 amide bonds. The average molecular weight is 374 g/mol. The molecule has 0 spiro atoms. The first-order valence-corrected chi connectivity index (χ1v) is 9.68. The van der Waals surface area contributed by atoms with Crippen LogP contribution in [0.15, 0.2) is 35.2 Å². The molecule has 0 saturated heterocycles. The van der Waals surface area contributed by atoms with E-state index >= 15 is 0 Å². The molecule has 5 heteroatoms. The predicted octanol–water partition coefficient (Wildman–Crippen LogP) is 5.28. The number of rotatable bonds is 7. The lowest BCUT2D eigenvalue weighted by Gasteiger charge is -2.17. The van der Waals surface area contributed by atoms with Gasteiger partial charge in [-0.2, -0.15) is 0 Å². The second-order valence-corrected chi connectivity index (χ2v) is 7.01. The Morgan fingerprint density at radius 1 is 1.08 bits per heavy atom. The molecule has 0 aromatic heterocycles. The van der Waals surface area contributed by atoms with Crippen molar-refractivity contribution in [2.24, 2.45) is 0 Å². The fourth-order valence-electron chi connectivity index (χ4n) is 2.76. The SMILES string of the molecule is CCOc1cccc(SC(=O)NC)c1COc1cc(C)c(CC)cc1C. The van der Waals surface area contributed by atoms with Gasteiger partial charge in [0.2, 0.25) is 0 Å². The van der Waals surface area contributed by atoms with Gasteiger partial charge < -0.3 is 14.8 Å². The molecular formula is C21H27NO3S. The lowest BCUT2D eigenvalue weighted by atomic mass is 10.0. The number of nitrogens with one attached hydrogen (secondary N) is 1. The van der Waals surface area contributed by atoms with Gasteiger partial charge in [-0.1, -0.05) is 19.1 Å². The number of carbonyl (C=O) groups excluding carboxylic acids is 1. The molecule has 26 heavy (non-hydrogen) atoms. The maximum Gasteiger partial charge on any atom is 0.283 e. The van der Waals surface area contributed by atoms with Crippen molar-refractivity contribution in [3.8, 4) is 11.5 Å². The highest BCUT2D eigenvalue weighted by molar-refractivity contribution is 8.13. The van der Waals surface area contributed by atoms with E-state index in [1.165, 1.54) is 11.1 Å². The minimum Gasteiger partial charge on any atom is -0.493 e. The van der Waals surface area contributed by atoms with Gasteiger partial charge in [0, 0.05) is 17.5 Å². The van der Waals surface area contributed by atoms with Crippen LogP contribution in [0.2, 0.25) is 0 Å². The normalized spacial score (nSPS) is 10.5. The predicted molar refractivity (Wildman–Crippen MR) is 108 cm³/mol. The number of hydrogen-bond donors (Lipinski definition) is 1. The number of ether oxygens (including phenoxy) is 2. The number of aryl methyl sites for hydroxylation is 3. The first kappa shape index (κ1) is 20.2. The highest BCUT2D eigenvalue weighted by atomic mass is 32.2. The largest absolute Gasteiger partial charge is 0.493 e. The molecule has 0 aliphatic rings. The molecule has 0 bridgehead atoms. The summed E-state index contributed by atoms with van der Waals surface area (Å²) in [6.45, 7) is 9.17. The summed E-state index contributed by atoms with van der Waals surface area (Å²) in [7, 11) is 1.62. The Bertz CT molecular complexity index is 774. The van der Waals surface area contributed by atoms with E-state index < -0.39 is 0 Å². The summed E-state index contributed by atoms with van der Waals surface area (Å²) >= 11 is 1.15. The van der Waals surface area contributed by atoms with Gasteiger partial charge in [0.25, 0.3) is 5.24 Å². The van der Waals surface area contributed by atoms with E-state index in [-0.39, 0.29) is 5.24 Å². The Labute approximate surface area is 160 Å². The maximum absolute atomic E-state index is 11.8. The van der Waals surface area contributed by atoms with Crippen LogP contribution >= 0.6 is 11.8 Å². The van der Waals surface area contributed by atoms with E-state index in [0.717, 1.165) is 45.7 Å². The number of amides is 1. The Kier molecular flexibility index (Phi) is 7.39. The Balaban J connectivity index is 2.30. The third-order valence-electron chi connectivity index (χ3n) is 4.18. The molecule has 0 aliphatic carbocycles.